The van der Waals surface area contributed by atoms with Gasteiger partial charge in [-0.1, -0.05) is 40.0 Å². The largest absolute Gasteiger partial charge is 1.00 e. The lowest BCUT2D eigenvalue weighted by molar-refractivity contribution is -0.921. The fraction of sp³-hybridized carbons (Fsp3) is 1.00. The van der Waals surface area contributed by atoms with E-state index >= 15 is 0 Å². The first-order chi connectivity index (χ1) is 10.1. The molecular weight excluding hydrogens is 362 g/mol. The van der Waals surface area contributed by atoms with Gasteiger partial charge in [0.25, 0.3) is 0 Å². The lowest BCUT2D eigenvalue weighted by Crippen LogP contribution is -3.00. The molecule has 0 aromatic carbocycles. The Morgan fingerprint density at radius 2 is 1.00 bits per heavy atom. The third kappa shape index (κ3) is 8.41. The molecule has 0 rings (SSSR count). The summed E-state index contributed by atoms with van der Waals surface area (Å²) < 4.78 is 18.2. The van der Waals surface area contributed by atoms with E-state index in [0.717, 1.165) is 10.7 Å². The number of rotatable bonds is 14. The van der Waals surface area contributed by atoms with E-state index in [-0.39, 0.29) is 17.0 Å². The Kier molecular flexibility index (Phi) is 15.7. The van der Waals surface area contributed by atoms with Crippen LogP contribution in [0.4, 0.5) is 0 Å². The van der Waals surface area contributed by atoms with E-state index in [1.54, 1.807) is 21.3 Å². The van der Waals surface area contributed by atoms with Gasteiger partial charge >= 0.3 is 8.80 Å². The molecule has 0 aliphatic heterocycles. The highest BCUT2D eigenvalue weighted by Gasteiger charge is 2.48. The second-order valence-electron chi connectivity index (χ2n) is 6.03. The lowest BCUT2D eigenvalue weighted by atomic mass is 10.2. The monoisotopic (exact) mass is 399 g/mol. The fourth-order valence-corrected chi connectivity index (χ4v) is 5.09. The van der Waals surface area contributed by atoms with Gasteiger partial charge in [-0.05, 0) is 19.3 Å². The summed E-state index contributed by atoms with van der Waals surface area (Å²) >= 11 is 0. The van der Waals surface area contributed by atoms with Gasteiger partial charge in [0, 0.05) is 21.3 Å². The first-order valence-electron chi connectivity index (χ1n) is 8.58. The van der Waals surface area contributed by atoms with Crippen molar-refractivity contribution in [2.75, 3.05) is 47.1 Å². The Balaban J connectivity index is 0. The molecule has 4 nitrogen and oxygen atoms in total. The Morgan fingerprint density at radius 1 is 0.682 bits per heavy atom. The van der Waals surface area contributed by atoms with Gasteiger partial charge in [0.15, 0.2) is 0 Å². The third-order valence-corrected chi connectivity index (χ3v) is 7.34. The average Bonchev–Trinajstić information content (AvgIpc) is 2.54. The third-order valence-electron chi connectivity index (χ3n) is 4.42. The van der Waals surface area contributed by atoms with Crippen LogP contribution in [0.3, 0.4) is 0 Å². The molecule has 0 bridgehead atoms. The fourth-order valence-electron chi connectivity index (χ4n) is 2.91. The van der Waals surface area contributed by atoms with Crippen LogP contribution < -0.4 is 17.0 Å². The van der Waals surface area contributed by atoms with E-state index in [1.807, 2.05) is 0 Å². The Labute approximate surface area is 150 Å². The highest BCUT2D eigenvalue weighted by molar-refractivity contribution is 6.60. The van der Waals surface area contributed by atoms with Crippen molar-refractivity contribution in [1.82, 2.24) is 0 Å². The van der Waals surface area contributed by atoms with Gasteiger partial charge in [0.1, 0.15) is 6.17 Å². The molecule has 0 aliphatic rings. The Hall–Kier alpha value is 0.537. The molecule has 22 heavy (non-hydrogen) atoms. The second-order valence-corrected chi connectivity index (χ2v) is 8.93. The maximum atomic E-state index is 5.71. The molecule has 0 unspecified atom stereocenters. The minimum atomic E-state index is -2.53. The number of quaternary nitrogens is 1. The van der Waals surface area contributed by atoms with Crippen LogP contribution in [0, 0.1) is 0 Å². The maximum Gasteiger partial charge on any atom is 0.558 e. The summed E-state index contributed by atoms with van der Waals surface area (Å²) in [6.07, 6.45) is 8.38. The average molecular weight is 400 g/mol. The van der Waals surface area contributed by atoms with Crippen molar-refractivity contribution in [3.8, 4) is 0 Å². The molecule has 0 N–H and O–H groups in total. The van der Waals surface area contributed by atoms with E-state index in [1.165, 1.54) is 58.2 Å². The van der Waals surface area contributed by atoms with E-state index in [2.05, 4.69) is 20.8 Å². The zero-order valence-corrected chi connectivity index (χ0v) is 18.2. The number of hydrogen-bond donors (Lipinski definition) is 0. The van der Waals surface area contributed by atoms with Crippen LogP contribution in [0.15, 0.2) is 0 Å². The summed E-state index contributed by atoms with van der Waals surface area (Å²) in [4.78, 5) is 0. The van der Waals surface area contributed by atoms with Gasteiger partial charge in [0.05, 0.1) is 19.6 Å². The summed E-state index contributed by atoms with van der Waals surface area (Å²) in [6.45, 7) is 10.4. The van der Waals surface area contributed by atoms with Crippen LogP contribution in [-0.4, -0.2) is 60.4 Å². The molecule has 0 atom stereocenters. The summed E-state index contributed by atoms with van der Waals surface area (Å²) in [5.41, 5.74) is 0. The van der Waals surface area contributed by atoms with Crippen LogP contribution in [-0.2, 0) is 13.3 Å². The van der Waals surface area contributed by atoms with Crippen molar-refractivity contribution in [3.63, 3.8) is 0 Å². The smallest absolute Gasteiger partial charge is 0.558 e. The Bertz CT molecular complexity index is 224. The van der Waals surface area contributed by atoms with Crippen molar-refractivity contribution in [1.29, 1.82) is 0 Å². The number of unbranched alkanes of at least 4 members (excludes halogenated alkanes) is 3. The molecule has 0 saturated heterocycles. The van der Waals surface area contributed by atoms with Crippen LogP contribution in [0.2, 0.25) is 0 Å². The zero-order chi connectivity index (χ0) is 16.2. The molecular formula is C16H38BrNO3Si. The lowest BCUT2D eigenvalue weighted by Gasteiger charge is -2.42. The first-order valence-corrected chi connectivity index (χ1v) is 10.5. The maximum absolute atomic E-state index is 5.71. The van der Waals surface area contributed by atoms with Gasteiger partial charge in [-0.15, -0.1) is 0 Å². The predicted molar refractivity (Wildman–Crippen MR) is 91.2 cm³/mol. The molecule has 136 valence electrons. The van der Waals surface area contributed by atoms with Crippen molar-refractivity contribution in [2.24, 2.45) is 0 Å². The molecule has 0 spiro atoms. The zero-order valence-electron chi connectivity index (χ0n) is 15.6. The van der Waals surface area contributed by atoms with Crippen LogP contribution in [0.5, 0.6) is 0 Å². The van der Waals surface area contributed by atoms with Crippen molar-refractivity contribution in [2.45, 2.75) is 59.3 Å². The quantitative estimate of drug-likeness (QED) is 0.316. The number of hydrogen-bond acceptors (Lipinski definition) is 3. The highest BCUT2D eigenvalue weighted by Crippen LogP contribution is 2.20. The van der Waals surface area contributed by atoms with E-state index in [0.29, 0.717) is 0 Å². The van der Waals surface area contributed by atoms with Crippen LogP contribution in [0.25, 0.3) is 0 Å². The molecule has 0 fully saturated rings. The summed E-state index contributed by atoms with van der Waals surface area (Å²) in [6, 6.07) is 0. The predicted octanol–water partition coefficient (Wildman–Crippen LogP) is 0.625. The molecule has 0 aromatic rings. The minimum Gasteiger partial charge on any atom is -1.00 e. The van der Waals surface area contributed by atoms with Gasteiger partial charge in [-0.25, -0.2) is 0 Å². The summed E-state index contributed by atoms with van der Waals surface area (Å²) in [7, 11) is 2.66. The van der Waals surface area contributed by atoms with Gasteiger partial charge in [-0.3, -0.25) is 0 Å². The highest BCUT2D eigenvalue weighted by atomic mass is 79.9. The topological polar surface area (TPSA) is 27.7 Å². The van der Waals surface area contributed by atoms with Crippen molar-refractivity contribution >= 4 is 8.80 Å². The van der Waals surface area contributed by atoms with E-state index in [4.69, 9.17) is 13.3 Å². The molecule has 0 saturated carbocycles. The van der Waals surface area contributed by atoms with Gasteiger partial charge in [-0.2, -0.15) is 0 Å². The molecule has 0 aliphatic carbocycles. The standard InChI is InChI=1S/C16H38NO3Si.BrH/c1-7-10-13-17(14-11-8-2,15-12-9-3)16-21(18-4,19-5)20-6;/h7-16H2,1-6H3;1H/q+1;/p-1. The van der Waals surface area contributed by atoms with Crippen molar-refractivity contribution in [3.05, 3.63) is 0 Å². The Morgan fingerprint density at radius 3 is 1.23 bits per heavy atom. The summed E-state index contributed by atoms with van der Waals surface area (Å²) in [5.74, 6) is 0. The second kappa shape index (κ2) is 13.9. The molecule has 0 heterocycles. The van der Waals surface area contributed by atoms with Gasteiger partial charge in [0.2, 0.25) is 0 Å². The first kappa shape index (κ1) is 24.8. The number of halogens is 1. The molecule has 0 amide bonds. The molecule has 0 radical (unpaired) electrons. The SMILES string of the molecule is CCCC[N+](CCCC)(CCCC)C[Si](OC)(OC)OC.[Br-]. The normalized spacial score (nSPS) is 12.3. The van der Waals surface area contributed by atoms with Crippen LogP contribution >= 0.6 is 0 Å². The van der Waals surface area contributed by atoms with E-state index in [9.17, 15) is 0 Å². The minimum absolute atomic E-state index is 0. The van der Waals surface area contributed by atoms with Crippen LogP contribution in [0.1, 0.15) is 59.3 Å². The summed E-state index contributed by atoms with van der Waals surface area (Å²) in [5, 5.41) is 0. The molecule has 0 aromatic heterocycles. The van der Waals surface area contributed by atoms with Crippen molar-refractivity contribution < 1.29 is 34.7 Å². The van der Waals surface area contributed by atoms with Gasteiger partial charge < -0.3 is 34.7 Å². The van der Waals surface area contributed by atoms with E-state index < -0.39 is 8.80 Å². The number of nitrogens with zero attached hydrogens (tertiary/aromatic N) is 1. The molecule has 6 heteroatoms.